The van der Waals surface area contributed by atoms with Crippen molar-refractivity contribution in [2.75, 3.05) is 24.7 Å². The van der Waals surface area contributed by atoms with Crippen molar-refractivity contribution in [1.82, 2.24) is 15.0 Å². The zero-order valence-corrected chi connectivity index (χ0v) is 20.5. The number of nitrogen functional groups attached to an aromatic ring is 1. The summed E-state index contributed by atoms with van der Waals surface area (Å²) in [5.41, 5.74) is 12.6. The molecule has 36 heavy (non-hydrogen) atoms. The molecule has 0 aliphatic heterocycles. The van der Waals surface area contributed by atoms with Gasteiger partial charge in [-0.1, -0.05) is 36.4 Å². The lowest BCUT2D eigenvalue weighted by atomic mass is 9.88. The van der Waals surface area contributed by atoms with Crippen LogP contribution in [0.1, 0.15) is 11.1 Å². The molecular weight excluding hydrogens is 456 g/mol. The van der Waals surface area contributed by atoms with Gasteiger partial charge in [-0.05, 0) is 60.4 Å². The molecule has 0 spiro atoms. The summed E-state index contributed by atoms with van der Waals surface area (Å²) in [6.07, 6.45) is 1.36. The zero-order valence-electron chi connectivity index (χ0n) is 20.5. The molecule has 0 aliphatic carbocycles. The fraction of sp³-hybridized carbons (Fsp3) is 0.138. The van der Waals surface area contributed by atoms with Crippen LogP contribution in [0.2, 0.25) is 0 Å². The fourth-order valence-electron chi connectivity index (χ4n) is 4.31. The molecule has 0 amide bonds. The molecule has 2 heterocycles. The highest BCUT2D eigenvalue weighted by molar-refractivity contribution is 6.09. The van der Waals surface area contributed by atoms with E-state index in [2.05, 4.69) is 9.97 Å². The number of anilines is 2. The van der Waals surface area contributed by atoms with Gasteiger partial charge in [0.15, 0.2) is 5.65 Å². The Hall–Kier alpha value is -4.39. The molecule has 0 radical (unpaired) electrons. The molecule has 0 saturated carbocycles. The maximum atomic E-state index is 14.8. The van der Waals surface area contributed by atoms with Gasteiger partial charge in [0.1, 0.15) is 23.8 Å². The number of rotatable bonds is 4. The second-order valence-corrected chi connectivity index (χ2v) is 9.04. The second kappa shape index (κ2) is 9.00. The number of hydrogen-bond donors (Lipinski definition) is 1. The molecule has 0 bridgehead atoms. The fourth-order valence-corrected chi connectivity index (χ4v) is 4.31. The van der Waals surface area contributed by atoms with E-state index in [1.165, 1.54) is 18.5 Å². The van der Waals surface area contributed by atoms with Gasteiger partial charge in [-0.2, -0.15) is 0 Å². The highest BCUT2D eigenvalue weighted by atomic mass is 19.1. The van der Waals surface area contributed by atoms with Crippen molar-refractivity contribution in [3.63, 3.8) is 0 Å². The van der Waals surface area contributed by atoms with Gasteiger partial charge in [0, 0.05) is 36.5 Å². The van der Waals surface area contributed by atoms with Gasteiger partial charge < -0.3 is 10.6 Å². The predicted molar refractivity (Wildman–Crippen MR) is 142 cm³/mol. The van der Waals surface area contributed by atoms with E-state index in [0.29, 0.717) is 50.1 Å². The Morgan fingerprint density at radius 3 is 1.83 bits per heavy atom. The van der Waals surface area contributed by atoms with Crippen LogP contribution < -0.4 is 10.6 Å². The number of nitrogens with zero attached hydrogens (tertiary/aromatic N) is 4. The minimum absolute atomic E-state index is 0.215. The number of aromatic nitrogens is 3. The van der Waals surface area contributed by atoms with Gasteiger partial charge in [0.2, 0.25) is 0 Å². The largest absolute Gasteiger partial charge is 0.383 e. The molecule has 3 aromatic carbocycles. The monoisotopic (exact) mass is 481 g/mol. The van der Waals surface area contributed by atoms with Crippen LogP contribution in [-0.2, 0) is 0 Å². The molecule has 0 saturated heterocycles. The number of hydrogen-bond acceptors (Lipinski definition) is 5. The minimum atomic E-state index is -0.356. The lowest BCUT2D eigenvalue weighted by molar-refractivity contribution is 0.618. The van der Waals surface area contributed by atoms with E-state index in [9.17, 15) is 8.78 Å². The summed E-state index contributed by atoms with van der Waals surface area (Å²) in [4.78, 5) is 15.5. The van der Waals surface area contributed by atoms with E-state index in [0.717, 1.165) is 11.3 Å². The van der Waals surface area contributed by atoms with Crippen LogP contribution in [0.25, 0.3) is 44.5 Å². The molecule has 7 heteroatoms. The van der Waals surface area contributed by atoms with E-state index >= 15 is 0 Å². The summed E-state index contributed by atoms with van der Waals surface area (Å²) >= 11 is 0. The highest BCUT2D eigenvalue weighted by Gasteiger charge is 2.23. The summed E-state index contributed by atoms with van der Waals surface area (Å²) in [6.45, 7) is 3.41. The van der Waals surface area contributed by atoms with Crippen molar-refractivity contribution >= 4 is 22.5 Å². The number of fused-ring (bicyclic) bond motifs is 1. The van der Waals surface area contributed by atoms with E-state index in [4.69, 9.17) is 10.7 Å². The maximum absolute atomic E-state index is 14.8. The first-order chi connectivity index (χ1) is 17.2. The van der Waals surface area contributed by atoms with Crippen LogP contribution in [0.15, 0.2) is 67.0 Å². The average molecular weight is 482 g/mol. The molecule has 180 valence electrons. The zero-order chi connectivity index (χ0) is 25.6. The molecule has 5 aromatic rings. The van der Waals surface area contributed by atoms with Crippen molar-refractivity contribution in [3.05, 3.63) is 89.8 Å². The SMILES string of the molecule is Cc1ccc(-c2c(-c3ccc(N(C)C)cc3)nc3ncnc(N)c3c2-c2ccc(C)c(F)c2)cc1F. The van der Waals surface area contributed by atoms with E-state index in [-0.39, 0.29) is 17.5 Å². The van der Waals surface area contributed by atoms with E-state index < -0.39 is 0 Å². The lowest BCUT2D eigenvalue weighted by Crippen LogP contribution is -2.08. The second-order valence-electron chi connectivity index (χ2n) is 9.04. The molecule has 5 nitrogen and oxygen atoms in total. The highest BCUT2D eigenvalue weighted by Crippen LogP contribution is 2.44. The topological polar surface area (TPSA) is 67.9 Å². The van der Waals surface area contributed by atoms with Crippen molar-refractivity contribution in [2.45, 2.75) is 13.8 Å². The van der Waals surface area contributed by atoms with Gasteiger partial charge in [-0.15, -0.1) is 0 Å². The Bertz CT molecular complexity index is 1610. The summed E-state index contributed by atoms with van der Waals surface area (Å²) in [5.74, 6) is -0.488. The Morgan fingerprint density at radius 1 is 0.722 bits per heavy atom. The third-order valence-electron chi connectivity index (χ3n) is 6.39. The van der Waals surface area contributed by atoms with Gasteiger partial charge in [0.05, 0.1) is 11.1 Å². The Kier molecular flexibility index (Phi) is 5.84. The first-order valence-corrected chi connectivity index (χ1v) is 11.5. The van der Waals surface area contributed by atoms with E-state index in [1.807, 2.05) is 55.4 Å². The van der Waals surface area contributed by atoms with Crippen LogP contribution in [0.4, 0.5) is 20.3 Å². The minimum Gasteiger partial charge on any atom is -0.383 e. The molecule has 2 aromatic heterocycles. The molecular formula is C29H25F2N5. The Labute approximate surface area is 208 Å². The number of nitrogens with two attached hydrogens (primary N) is 1. The van der Waals surface area contributed by atoms with Crippen molar-refractivity contribution in [1.29, 1.82) is 0 Å². The smallest absolute Gasteiger partial charge is 0.165 e. The molecule has 5 rings (SSSR count). The molecule has 0 fully saturated rings. The van der Waals surface area contributed by atoms with Gasteiger partial charge in [-0.25, -0.2) is 23.7 Å². The first kappa shape index (κ1) is 23.4. The third-order valence-corrected chi connectivity index (χ3v) is 6.39. The summed E-state index contributed by atoms with van der Waals surface area (Å²) < 4.78 is 29.7. The number of halogens is 2. The number of benzene rings is 3. The van der Waals surface area contributed by atoms with Gasteiger partial charge in [0.25, 0.3) is 0 Å². The molecule has 0 aliphatic rings. The van der Waals surface area contributed by atoms with Gasteiger partial charge >= 0.3 is 0 Å². The number of pyridine rings is 1. The first-order valence-electron chi connectivity index (χ1n) is 11.5. The third kappa shape index (κ3) is 4.02. The van der Waals surface area contributed by atoms with E-state index in [1.54, 1.807) is 26.0 Å². The van der Waals surface area contributed by atoms with Crippen molar-refractivity contribution in [3.8, 4) is 33.5 Å². The summed E-state index contributed by atoms with van der Waals surface area (Å²) in [6, 6.07) is 17.9. The molecule has 0 atom stereocenters. The average Bonchev–Trinajstić information content (AvgIpc) is 2.86. The standard InChI is InChI=1S/C29H25F2N5/c1-16-5-7-19(13-22(16)30)24-25(20-8-6-17(2)23(31)14-20)27(18-9-11-21(12-10-18)36(3)4)35-29-26(24)28(32)33-15-34-29/h5-15H,1-4H3,(H2,32,33,34,35). The van der Waals surface area contributed by atoms with Crippen LogP contribution >= 0.6 is 0 Å². The van der Waals surface area contributed by atoms with Crippen LogP contribution in [0.5, 0.6) is 0 Å². The molecule has 0 unspecified atom stereocenters. The molecule has 2 N–H and O–H groups in total. The van der Waals surface area contributed by atoms with Crippen LogP contribution in [-0.4, -0.2) is 29.0 Å². The van der Waals surface area contributed by atoms with Crippen LogP contribution in [0.3, 0.4) is 0 Å². The normalized spacial score (nSPS) is 11.2. The number of aryl methyl sites for hydroxylation is 2. The van der Waals surface area contributed by atoms with Gasteiger partial charge in [-0.3, -0.25) is 0 Å². The summed E-state index contributed by atoms with van der Waals surface area (Å²) in [5, 5.41) is 0.491. The quantitative estimate of drug-likeness (QED) is 0.314. The van der Waals surface area contributed by atoms with Crippen molar-refractivity contribution in [2.24, 2.45) is 0 Å². The maximum Gasteiger partial charge on any atom is 0.165 e. The van der Waals surface area contributed by atoms with Crippen LogP contribution in [0, 0.1) is 25.5 Å². The Balaban J connectivity index is 1.95. The summed E-state index contributed by atoms with van der Waals surface area (Å²) in [7, 11) is 3.93. The lowest BCUT2D eigenvalue weighted by Gasteiger charge is -2.20. The predicted octanol–water partition coefficient (Wildman–Crippen LogP) is 6.57. The Morgan fingerprint density at radius 2 is 1.28 bits per heavy atom. The van der Waals surface area contributed by atoms with Crippen molar-refractivity contribution < 1.29 is 8.78 Å².